The SMILES string of the molecule is Cc1cc(O[C@H](CCN2CCN(Cc3ccc4c(c3)OCO4)CC2)c2ccc(F)cc2)ccc1Cl. The molecular formula is C28H30ClFN2O3. The molecule has 5 nitrogen and oxygen atoms in total. The fourth-order valence-corrected chi connectivity index (χ4v) is 4.71. The van der Waals surface area contributed by atoms with Gasteiger partial charge in [-0.1, -0.05) is 29.8 Å². The molecule has 1 saturated heterocycles. The first-order valence-electron chi connectivity index (χ1n) is 12.0. The quantitative estimate of drug-likeness (QED) is 0.391. The highest BCUT2D eigenvalue weighted by atomic mass is 35.5. The van der Waals surface area contributed by atoms with Crippen LogP contribution in [0.15, 0.2) is 60.7 Å². The Morgan fingerprint density at radius 3 is 2.43 bits per heavy atom. The highest BCUT2D eigenvalue weighted by Gasteiger charge is 2.21. The fraction of sp³-hybridized carbons (Fsp3) is 0.357. The fourth-order valence-electron chi connectivity index (χ4n) is 4.59. The Morgan fingerprint density at radius 1 is 0.914 bits per heavy atom. The van der Waals surface area contributed by atoms with E-state index in [1.54, 1.807) is 0 Å². The van der Waals surface area contributed by atoms with Crippen molar-refractivity contribution in [1.29, 1.82) is 0 Å². The Labute approximate surface area is 211 Å². The first-order chi connectivity index (χ1) is 17.0. The molecule has 184 valence electrons. The van der Waals surface area contributed by atoms with Crippen LogP contribution in [0.5, 0.6) is 17.2 Å². The summed E-state index contributed by atoms with van der Waals surface area (Å²) in [4.78, 5) is 4.95. The van der Waals surface area contributed by atoms with Crippen LogP contribution in [0.2, 0.25) is 5.02 Å². The number of nitrogens with zero attached hydrogens (tertiary/aromatic N) is 2. The summed E-state index contributed by atoms with van der Waals surface area (Å²) in [5.74, 6) is 2.19. The van der Waals surface area contributed by atoms with Gasteiger partial charge in [-0.15, -0.1) is 0 Å². The third kappa shape index (κ3) is 6.07. The topological polar surface area (TPSA) is 34.2 Å². The molecule has 5 rings (SSSR count). The Kier molecular flexibility index (Phi) is 7.42. The van der Waals surface area contributed by atoms with Gasteiger partial charge in [0.2, 0.25) is 6.79 Å². The van der Waals surface area contributed by atoms with Crippen LogP contribution in [-0.4, -0.2) is 49.3 Å². The maximum absolute atomic E-state index is 13.5. The first-order valence-corrected chi connectivity index (χ1v) is 12.4. The van der Waals surface area contributed by atoms with Crippen molar-refractivity contribution in [3.8, 4) is 17.2 Å². The lowest BCUT2D eigenvalue weighted by Crippen LogP contribution is -2.46. The highest BCUT2D eigenvalue weighted by Crippen LogP contribution is 2.33. The van der Waals surface area contributed by atoms with Gasteiger partial charge in [-0.25, -0.2) is 4.39 Å². The summed E-state index contributed by atoms with van der Waals surface area (Å²) in [5, 5.41) is 0.717. The molecule has 1 fully saturated rings. The molecule has 2 heterocycles. The average Bonchev–Trinajstić information content (AvgIpc) is 3.33. The van der Waals surface area contributed by atoms with E-state index >= 15 is 0 Å². The molecule has 0 amide bonds. The van der Waals surface area contributed by atoms with E-state index in [1.165, 1.54) is 17.7 Å². The lowest BCUT2D eigenvalue weighted by molar-refractivity contribution is 0.107. The summed E-state index contributed by atoms with van der Waals surface area (Å²) in [6.45, 7) is 8.10. The standard InChI is InChI=1S/C28H30ClFN2O3/c1-20-16-24(7-8-25(20)29)35-26(22-3-5-23(30)6-4-22)10-11-31-12-14-32(15-13-31)18-21-2-9-27-28(17-21)34-19-33-27/h2-9,16-17,26H,10-15,18-19H2,1H3/t26-/m1/s1. The number of ether oxygens (including phenoxy) is 3. The van der Waals surface area contributed by atoms with Crippen LogP contribution >= 0.6 is 11.6 Å². The van der Waals surface area contributed by atoms with Gasteiger partial charge in [0.05, 0.1) is 0 Å². The van der Waals surface area contributed by atoms with E-state index in [1.807, 2.05) is 43.3 Å². The number of piperazine rings is 1. The van der Waals surface area contributed by atoms with Gasteiger partial charge in [0.25, 0.3) is 0 Å². The molecule has 7 heteroatoms. The van der Waals surface area contributed by atoms with Crippen molar-refractivity contribution in [3.63, 3.8) is 0 Å². The van der Waals surface area contributed by atoms with Gasteiger partial charge in [-0.2, -0.15) is 0 Å². The van der Waals surface area contributed by atoms with E-state index in [9.17, 15) is 4.39 Å². The zero-order valence-electron chi connectivity index (χ0n) is 19.9. The van der Waals surface area contributed by atoms with Crippen LogP contribution < -0.4 is 14.2 Å². The van der Waals surface area contributed by atoms with E-state index in [4.69, 9.17) is 25.8 Å². The smallest absolute Gasteiger partial charge is 0.231 e. The van der Waals surface area contributed by atoms with Crippen LogP contribution in [0.4, 0.5) is 4.39 Å². The van der Waals surface area contributed by atoms with Gasteiger partial charge in [-0.05, 0) is 66.1 Å². The predicted octanol–water partition coefficient (Wildman–Crippen LogP) is 5.84. The van der Waals surface area contributed by atoms with Crippen molar-refractivity contribution in [1.82, 2.24) is 9.80 Å². The molecule has 0 radical (unpaired) electrons. The minimum atomic E-state index is -0.242. The minimum Gasteiger partial charge on any atom is -0.486 e. The van der Waals surface area contributed by atoms with Crippen molar-refractivity contribution in [2.24, 2.45) is 0 Å². The second-order valence-corrected chi connectivity index (χ2v) is 9.57. The van der Waals surface area contributed by atoms with E-state index in [0.717, 1.165) is 74.1 Å². The number of halogens is 2. The molecule has 0 aromatic heterocycles. The van der Waals surface area contributed by atoms with E-state index in [2.05, 4.69) is 21.9 Å². The summed E-state index contributed by atoms with van der Waals surface area (Å²) < 4.78 is 30.8. The number of benzene rings is 3. The van der Waals surface area contributed by atoms with Gasteiger partial charge in [0.1, 0.15) is 17.7 Å². The summed E-state index contributed by atoms with van der Waals surface area (Å²) in [6, 6.07) is 18.5. The third-order valence-corrected chi connectivity index (χ3v) is 7.09. The Hall–Kier alpha value is -2.80. The zero-order chi connectivity index (χ0) is 24.2. The Bertz CT molecular complexity index is 1150. The van der Waals surface area contributed by atoms with Crippen molar-refractivity contribution < 1.29 is 18.6 Å². The molecule has 0 spiro atoms. The maximum atomic E-state index is 13.5. The summed E-state index contributed by atoms with van der Waals surface area (Å²) >= 11 is 6.18. The first kappa shape index (κ1) is 23.9. The number of hydrogen-bond donors (Lipinski definition) is 0. The second-order valence-electron chi connectivity index (χ2n) is 9.16. The molecule has 0 unspecified atom stereocenters. The normalized spacial score (nSPS) is 16.9. The molecule has 3 aromatic rings. The maximum Gasteiger partial charge on any atom is 0.231 e. The monoisotopic (exact) mass is 496 g/mol. The molecular weight excluding hydrogens is 467 g/mol. The molecule has 1 atom stereocenters. The third-order valence-electron chi connectivity index (χ3n) is 6.67. The van der Waals surface area contributed by atoms with Gasteiger partial charge < -0.3 is 19.1 Å². The average molecular weight is 497 g/mol. The molecule has 0 saturated carbocycles. The molecule has 3 aromatic carbocycles. The van der Waals surface area contributed by atoms with Crippen LogP contribution in [0.1, 0.15) is 29.2 Å². The molecule has 0 N–H and O–H groups in total. The lowest BCUT2D eigenvalue weighted by atomic mass is 10.1. The van der Waals surface area contributed by atoms with Crippen LogP contribution in [0, 0.1) is 12.7 Å². The summed E-state index contributed by atoms with van der Waals surface area (Å²) in [7, 11) is 0. The van der Waals surface area contributed by atoms with E-state index < -0.39 is 0 Å². The van der Waals surface area contributed by atoms with Crippen LogP contribution in [0.3, 0.4) is 0 Å². The number of rotatable bonds is 8. The second kappa shape index (κ2) is 10.9. The largest absolute Gasteiger partial charge is 0.486 e. The molecule has 35 heavy (non-hydrogen) atoms. The molecule has 2 aliphatic heterocycles. The summed E-state index contributed by atoms with van der Waals surface area (Å²) in [5.41, 5.74) is 3.19. The van der Waals surface area contributed by atoms with E-state index in [-0.39, 0.29) is 11.9 Å². The van der Waals surface area contributed by atoms with Gasteiger partial charge in [-0.3, -0.25) is 4.90 Å². The van der Waals surface area contributed by atoms with Gasteiger partial charge >= 0.3 is 0 Å². The van der Waals surface area contributed by atoms with Crippen molar-refractivity contribution in [2.75, 3.05) is 39.5 Å². The lowest BCUT2D eigenvalue weighted by Gasteiger charge is -2.35. The highest BCUT2D eigenvalue weighted by molar-refractivity contribution is 6.31. The number of hydrogen-bond acceptors (Lipinski definition) is 5. The number of aryl methyl sites for hydroxylation is 1. The Balaban J connectivity index is 1.16. The zero-order valence-corrected chi connectivity index (χ0v) is 20.6. The van der Waals surface area contributed by atoms with Crippen molar-refractivity contribution in [3.05, 3.63) is 88.2 Å². The minimum absolute atomic E-state index is 0.164. The predicted molar refractivity (Wildman–Crippen MR) is 135 cm³/mol. The molecule has 0 aliphatic carbocycles. The van der Waals surface area contributed by atoms with Crippen molar-refractivity contribution in [2.45, 2.75) is 26.0 Å². The molecule has 2 aliphatic rings. The number of fused-ring (bicyclic) bond motifs is 1. The molecule has 0 bridgehead atoms. The van der Waals surface area contributed by atoms with E-state index in [0.29, 0.717) is 11.8 Å². The van der Waals surface area contributed by atoms with Crippen molar-refractivity contribution >= 4 is 11.6 Å². The Morgan fingerprint density at radius 2 is 1.66 bits per heavy atom. The van der Waals surface area contributed by atoms with Crippen LogP contribution in [-0.2, 0) is 6.54 Å². The van der Waals surface area contributed by atoms with Crippen LogP contribution in [0.25, 0.3) is 0 Å². The van der Waals surface area contributed by atoms with Gasteiger partial charge in [0.15, 0.2) is 11.5 Å². The van der Waals surface area contributed by atoms with Gasteiger partial charge in [0, 0.05) is 50.7 Å². The summed E-state index contributed by atoms with van der Waals surface area (Å²) in [6.07, 6.45) is 0.651.